The molecule has 1 saturated heterocycles. The van der Waals surface area contributed by atoms with Gasteiger partial charge in [-0.15, -0.1) is 11.3 Å². The van der Waals surface area contributed by atoms with E-state index in [4.69, 9.17) is 0 Å². The summed E-state index contributed by atoms with van der Waals surface area (Å²) >= 11 is 1.81. The van der Waals surface area contributed by atoms with E-state index in [0.717, 1.165) is 38.8 Å². The molecular weight excluding hydrogens is 377 g/mol. The van der Waals surface area contributed by atoms with Crippen LogP contribution in [0.25, 0.3) is 0 Å². The van der Waals surface area contributed by atoms with E-state index in [9.17, 15) is 18.0 Å². The number of halogens is 3. The van der Waals surface area contributed by atoms with Crippen LogP contribution in [0.3, 0.4) is 0 Å². The third kappa shape index (κ3) is 4.57. The van der Waals surface area contributed by atoms with Gasteiger partial charge in [-0.1, -0.05) is 0 Å². The number of rotatable bonds is 5. The summed E-state index contributed by atoms with van der Waals surface area (Å²) in [6, 6.07) is 0.580. The molecule has 2 aromatic heterocycles. The van der Waals surface area contributed by atoms with E-state index in [1.54, 1.807) is 0 Å². The lowest BCUT2D eigenvalue weighted by Gasteiger charge is -2.31. The summed E-state index contributed by atoms with van der Waals surface area (Å²) in [4.78, 5) is 23.5. The summed E-state index contributed by atoms with van der Waals surface area (Å²) in [6.07, 6.45) is 2.78. The fourth-order valence-electron chi connectivity index (χ4n) is 3.46. The molecule has 1 aliphatic heterocycles. The Hall–Kier alpha value is -1.74. The molecule has 0 unspecified atom stereocenters. The molecule has 9 heteroatoms. The molecule has 0 spiro atoms. The van der Waals surface area contributed by atoms with E-state index < -0.39 is 17.4 Å². The van der Waals surface area contributed by atoms with Gasteiger partial charge in [-0.2, -0.15) is 13.2 Å². The third-order valence-electron chi connectivity index (χ3n) is 5.21. The van der Waals surface area contributed by atoms with Gasteiger partial charge in [0, 0.05) is 36.1 Å². The Morgan fingerprint density at radius 2 is 1.89 bits per heavy atom. The predicted molar refractivity (Wildman–Crippen MR) is 95.6 cm³/mol. The third-order valence-corrected chi connectivity index (χ3v) is 6.35. The lowest BCUT2D eigenvalue weighted by atomic mass is 9.96. The van der Waals surface area contributed by atoms with Crippen LogP contribution < -0.4 is 5.56 Å². The van der Waals surface area contributed by atoms with Gasteiger partial charge in [0.15, 0.2) is 5.69 Å². The molecule has 1 saturated carbocycles. The number of likely N-dealkylation sites (tertiary alicyclic amines) is 1. The standard InChI is InChI=1S/C18H21F3N4OS/c19-18(20,21)15-7-16(26)25(11-23-15)9-12-3-5-24(6-4-12)10-14-8-22-17(27-14)13-1-2-13/h7-8,11-13H,1-6,9-10H2. The molecule has 0 amide bonds. The van der Waals surface area contributed by atoms with Gasteiger partial charge in [0.2, 0.25) is 0 Å². The van der Waals surface area contributed by atoms with Gasteiger partial charge >= 0.3 is 6.18 Å². The number of thiazole rings is 1. The Kier molecular flexibility index (Phi) is 5.07. The second kappa shape index (κ2) is 7.35. The van der Waals surface area contributed by atoms with Crippen LogP contribution in [0.15, 0.2) is 23.4 Å². The van der Waals surface area contributed by atoms with Gasteiger partial charge in [0.25, 0.3) is 5.56 Å². The van der Waals surface area contributed by atoms with Crippen LogP contribution in [-0.2, 0) is 19.3 Å². The lowest BCUT2D eigenvalue weighted by Crippen LogP contribution is -2.36. The molecule has 3 heterocycles. The van der Waals surface area contributed by atoms with Crippen LogP contribution in [0.2, 0.25) is 0 Å². The first-order valence-corrected chi connectivity index (χ1v) is 10.0. The molecule has 2 fully saturated rings. The number of alkyl halides is 3. The van der Waals surface area contributed by atoms with E-state index in [1.165, 1.54) is 27.3 Å². The predicted octanol–water partition coefficient (Wildman–Crippen LogP) is 3.51. The van der Waals surface area contributed by atoms with Crippen LogP contribution in [-0.4, -0.2) is 32.5 Å². The highest BCUT2D eigenvalue weighted by Crippen LogP contribution is 2.42. The maximum absolute atomic E-state index is 12.6. The molecule has 1 aliphatic carbocycles. The Balaban J connectivity index is 1.29. The first-order chi connectivity index (χ1) is 12.9. The number of aromatic nitrogens is 3. The maximum Gasteiger partial charge on any atom is 0.433 e. The summed E-state index contributed by atoms with van der Waals surface area (Å²) in [5.74, 6) is 0.964. The minimum Gasteiger partial charge on any atom is -0.299 e. The highest BCUT2D eigenvalue weighted by Gasteiger charge is 2.33. The van der Waals surface area contributed by atoms with Crippen LogP contribution in [0.1, 0.15) is 47.2 Å². The Morgan fingerprint density at radius 1 is 1.15 bits per heavy atom. The number of hydrogen-bond acceptors (Lipinski definition) is 5. The van der Waals surface area contributed by atoms with Gasteiger partial charge < -0.3 is 0 Å². The number of hydrogen-bond donors (Lipinski definition) is 0. The van der Waals surface area contributed by atoms with Crippen molar-refractivity contribution in [3.8, 4) is 0 Å². The minimum atomic E-state index is -4.58. The zero-order valence-electron chi connectivity index (χ0n) is 14.8. The van der Waals surface area contributed by atoms with Gasteiger partial charge in [-0.3, -0.25) is 14.3 Å². The summed E-state index contributed by atoms with van der Waals surface area (Å²) in [5.41, 5.74) is -1.77. The Bertz CT molecular complexity index is 851. The number of nitrogens with zero attached hydrogens (tertiary/aromatic N) is 4. The second-order valence-corrected chi connectivity index (χ2v) is 8.57. The van der Waals surface area contributed by atoms with E-state index in [-0.39, 0.29) is 5.92 Å². The minimum absolute atomic E-state index is 0.279. The van der Waals surface area contributed by atoms with Gasteiger partial charge in [-0.25, -0.2) is 9.97 Å². The molecule has 0 N–H and O–H groups in total. The monoisotopic (exact) mass is 398 g/mol. The van der Waals surface area contributed by atoms with E-state index in [0.29, 0.717) is 18.5 Å². The van der Waals surface area contributed by atoms with Crippen LogP contribution in [0.4, 0.5) is 13.2 Å². The Morgan fingerprint density at radius 3 is 2.52 bits per heavy atom. The molecule has 0 radical (unpaired) electrons. The van der Waals surface area contributed by atoms with Crippen molar-refractivity contribution in [2.45, 2.75) is 50.9 Å². The summed E-state index contributed by atoms with van der Waals surface area (Å²) in [7, 11) is 0. The average molecular weight is 398 g/mol. The van der Waals surface area contributed by atoms with Crippen molar-refractivity contribution >= 4 is 11.3 Å². The zero-order valence-corrected chi connectivity index (χ0v) is 15.6. The van der Waals surface area contributed by atoms with Crippen LogP contribution in [0, 0.1) is 5.92 Å². The molecule has 2 aromatic rings. The van der Waals surface area contributed by atoms with Crippen molar-refractivity contribution in [1.29, 1.82) is 0 Å². The molecule has 0 atom stereocenters. The van der Waals surface area contributed by atoms with Crippen LogP contribution >= 0.6 is 11.3 Å². The van der Waals surface area contributed by atoms with Crippen molar-refractivity contribution in [2.75, 3.05) is 13.1 Å². The van der Waals surface area contributed by atoms with Crippen LogP contribution in [0.5, 0.6) is 0 Å². The normalized spacial score (nSPS) is 19.5. The van der Waals surface area contributed by atoms with E-state index in [1.807, 2.05) is 17.5 Å². The van der Waals surface area contributed by atoms with Crippen molar-refractivity contribution in [2.24, 2.45) is 5.92 Å². The SMILES string of the molecule is O=c1cc(C(F)(F)F)ncn1CC1CCN(Cc2cnc(C3CC3)s2)CC1. The average Bonchev–Trinajstić information content (AvgIpc) is 3.37. The fraction of sp³-hybridized carbons (Fsp3) is 0.611. The molecular formula is C18H21F3N4OS. The lowest BCUT2D eigenvalue weighted by molar-refractivity contribution is -0.141. The van der Waals surface area contributed by atoms with E-state index >= 15 is 0 Å². The van der Waals surface area contributed by atoms with Crippen molar-refractivity contribution < 1.29 is 13.2 Å². The molecule has 2 aliphatic rings. The molecule has 0 aromatic carbocycles. The molecule has 0 bridgehead atoms. The van der Waals surface area contributed by atoms with Crippen molar-refractivity contribution in [3.63, 3.8) is 0 Å². The smallest absolute Gasteiger partial charge is 0.299 e. The maximum atomic E-state index is 12.6. The zero-order chi connectivity index (χ0) is 19.0. The first-order valence-electron chi connectivity index (χ1n) is 9.19. The molecule has 4 rings (SSSR count). The van der Waals surface area contributed by atoms with Crippen molar-refractivity contribution in [3.05, 3.63) is 44.5 Å². The fourth-order valence-corrected chi connectivity index (χ4v) is 4.59. The summed E-state index contributed by atoms with van der Waals surface area (Å²) < 4.78 is 39.1. The van der Waals surface area contributed by atoms with Crippen molar-refractivity contribution in [1.82, 2.24) is 19.4 Å². The topological polar surface area (TPSA) is 51.0 Å². The highest BCUT2D eigenvalue weighted by molar-refractivity contribution is 7.11. The summed E-state index contributed by atoms with van der Waals surface area (Å²) in [5, 5.41) is 1.26. The summed E-state index contributed by atoms with van der Waals surface area (Å²) in [6.45, 7) is 3.16. The highest BCUT2D eigenvalue weighted by atomic mass is 32.1. The first kappa shape index (κ1) is 18.6. The molecule has 146 valence electrons. The quantitative estimate of drug-likeness (QED) is 0.774. The van der Waals surface area contributed by atoms with Gasteiger partial charge in [0.05, 0.1) is 11.3 Å². The second-order valence-electron chi connectivity index (χ2n) is 7.42. The number of piperidine rings is 1. The van der Waals surface area contributed by atoms with Gasteiger partial charge in [0.1, 0.15) is 0 Å². The Labute approximate surface area is 158 Å². The largest absolute Gasteiger partial charge is 0.433 e. The van der Waals surface area contributed by atoms with Gasteiger partial charge in [-0.05, 0) is 44.7 Å². The molecule has 5 nitrogen and oxygen atoms in total. The van der Waals surface area contributed by atoms with E-state index in [2.05, 4.69) is 14.9 Å². The molecule has 27 heavy (non-hydrogen) atoms.